The molecule has 7 nitrogen and oxygen atoms in total. The average Bonchev–Trinajstić information content (AvgIpc) is 2.84. The van der Waals surface area contributed by atoms with Gasteiger partial charge in [0.05, 0.1) is 19.7 Å². The zero-order valence-electron chi connectivity index (χ0n) is 18.8. The maximum Gasteiger partial charge on any atom is 0.256 e. The average molecular weight is 461 g/mol. The Morgan fingerprint density at radius 2 is 1.65 bits per heavy atom. The number of rotatable bonds is 8. The van der Waals surface area contributed by atoms with E-state index in [1.165, 1.54) is 29.9 Å². The summed E-state index contributed by atoms with van der Waals surface area (Å²) in [6.45, 7) is 0.0219. The van der Waals surface area contributed by atoms with Crippen LogP contribution in [0.25, 0.3) is 10.9 Å². The van der Waals surface area contributed by atoms with Crippen LogP contribution in [-0.2, 0) is 17.9 Å². The molecule has 1 heterocycles. The Balaban J connectivity index is 1.65. The van der Waals surface area contributed by atoms with Gasteiger partial charge < -0.3 is 20.1 Å². The van der Waals surface area contributed by atoms with Crippen molar-refractivity contribution in [3.63, 3.8) is 0 Å². The molecule has 1 amide bonds. The normalized spacial score (nSPS) is 10.7. The highest BCUT2D eigenvalue weighted by Gasteiger charge is 2.14. The van der Waals surface area contributed by atoms with Crippen LogP contribution in [0.5, 0.6) is 11.5 Å². The lowest BCUT2D eigenvalue weighted by molar-refractivity contribution is -0.116. The minimum Gasteiger partial charge on any atom is -0.497 e. The third kappa shape index (κ3) is 5.17. The number of halogens is 1. The molecule has 0 bridgehead atoms. The molecule has 0 atom stereocenters. The van der Waals surface area contributed by atoms with E-state index in [1.54, 1.807) is 31.4 Å². The number of ether oxygens (including phenoxy) is 2. The van der Waals surface area contributed by atoms with Crippen LogP contribution in [0.1, 0.15) is 5.56 Å². The molecule has 0 aliphatic heterocycles. The number of fused-ring (bicyclic) bond motifs is 1. The molecule has 0 aliphatic carbocycles. The monoisotopic (exact) mass is 461 g/mol. The molecule has 4 rings (SSSR count). The third-order valence-electron chi connectivity index (χ3n) is 5.36. The number of nitrogens with zero attached hydrogens (tertiary/aromatic N) is 1. The highest BCUT2D eigenvalue weighted by Crippen LogP contribution is 2.22. The molecule has 0 saturated carbocycles. The Morgan fingerprint density at radius 3 is 2.35 bits per heavy atom. The molecule has 1 aromatic heterocycles. The summed E-state index contributed by atoms with van der Waals surface area (Å²) in [4.78, 5) is 26.1. The van der Waals surface area contributed by atoms with Gasteiger partial charge in [0.15, 0.2) is 0 Å². The lowest BCUT2D eigenvalue weighted by Crippen LogP contribution is -2.30. The van der Waals surface area contributed by atoms with Crippen molar-refractivity contribution in [3.8, 4) is 11.5 Å². The van der Waals surface area contributed by atoms with Crippen molar-refractivity contribution in [2.24, 2.45) is 0 Å². The van der Waals surface area contributed by atoms with Crippen molar-refractivity contribution < 1.29 is 18.7 Å². The highest BCUT2D eigenvalue weighted by atomic mass is 19.1. The standard InChI is InChI=1S/C26H24FN3O4/c1-33-22-10-7-20(8-11-22)28-15-18-12-17-6-9-23(34-2)14-24(17)30(26(18)32)16-25(31)29-21-5-3-4-19(27)13-21/h3-14,28H,15-16H2,1-2H3,(H,29,31). The maximum atomic E-state index is 13.5. The van der Waals surface area contributed by atoms with Gasteiger partial charge in [0.1, 0.15) is 23.9 Å². The Kier molecular flexibility index (Phi) is 6.77. The fourth-order valence-corrected chi connectivity index (χ4v) is 3.64. The van der Waals surface area contributed by atoms with Gasteiger partial charge in [-0.2, -0.15) is 0 Å². The highest BCUT2D eigenvalue weighted by molar-refractivity contribution is 5.92. The summed E-state index contributed by atoms with van der Waals surface area (Å²) in [7, 11) is 3.13. The summed E-state index contributed by atoms with van der Waals surface area (Å²) in [6.07, 6.45) is 0. The van der Waals surface area contributed by atoms with E-state index >= 15 is 0 Å². The molecule has 0 radical (unpaired) electrons. The predicted octanol–water partition coefficient (Wildman–Crippen LogP) is 4.41. The van der Waals surface area contributed by atoms with Crippen LogP contribution in [0.15, 0.2) is 77.6 Å². The van der Waals surface area contributed by atoms with E-state index in [2.05, 4.69) is 10.6 Å². The number of anilines is 2. The molecule has 8 heteroatoms. The van der Waals surface area contributed by atoms with Crippen LogP contribution in [0.3, 0.4) is 0 Å². The second-order valence-electron chi connectivity index (χ2n) is 7.63. The van der Waals surface area contributed by atoms with E-state index in [1.807, 2.05) is 30.3 Å². The molecule has 2 N–H and O–H groups in total. The van der Waals surface area contributed by atoms with E-state index in [4.69, 9.17) is 9.47 Å². The Labute approximate surface area is 195 Å². The fourth-order valence-electron chi connectivity index (χ4n) is 3.64. The molecular formula is C26H24FN3O4. The lowest BCUT2D eigenvalue weighted by atomic mass is 10.1. The van der Waals surface area contributed by atoms with Crippen LogP contribution in [0.2, 0.25) is 0 Å². The van der Waals surface area contributed by atoms with Crippen molar-refractivity contribution in [1.29, 1.82) is 0 Å². The summed E-state index contributed by atoms with van der Waals surface area (Å²) in [5.41, 5.74) is 1.89. The molecule has 0 saturated heterocycles. The zero-order valence-corrected chi connectivity index (χ0v) is 18.8. The van der Waals surface area contributed by atoms with E-state index in [0.717, 1.165) is 16.8 Å². The second kappa shape index (κ2) is 10.1. The van der Waals surface area contributed by atoms with Gasteiger partial charge in [-0.25, -0.2) is 4.39 Å². The Bertz CT molecular complexity index is 1380. The first-order valence-electron chi connectivity index (χ1n) is 10.6. The van der Waals surface area contributed by atoms with E-state index in [9.17, 15) is 14.0 Å². The number of pyridine rings is 1. The molecule has 4 aromatic rings. The second-order valence-corrected chi connectivity index (χ2v) is 7.63. The summed E-state index contributed by atoms with van der Waals surface area (Å²) < 4.78 is 25.4. The van der Waals surface area contributed by atoms with Gasteiger partial charge in [0.25, 0.3) is 5.56 Å². The molecular weight excluding hydrogens is 437 g/mol. The predicted molar refractivity (Wildman–Crippen MR) is 130 cm³/mol. The van der Waals surface area contributed by atoms with Crippen molar-refractivity contribution in [3.05, 3.63) is 94.5 Å². The summed E-state index contributed by atoms with van der Waals surface area (Å²) >= 11 is 0. The molecule has 0 unspecified atom stereocenters. The first-order chi connectivity index (χ1) is 16.5. The van der Waals surface area contributed by atoms with Crippen molar-refractivity contribution >= 4 is 28.2 Å². The van der Waals surface area contributed by atoms with Gasteiger partial charge in [0, 0.05) is 29.5 Å². The molecule has 0 spiro atoms. The van der Waals surface area contributed by atoms with Gasteiger partial charge in [-0.1, -0.05) is 6.07 Å². The SMILES string of the molecule is COc1ccc(NCc2cc3ccc(OC)cc3n(CC(=O)Nc3cccc(F)c3)c2=O)cc1. The van der Waals surface area contributed by atoms with E-state index in [-0.39, 0.29) is 18.6 Å². The largest absolute Gasteiger partial charge is 0.497 e. The molecule has 3 aromatic carbocycles. The van der Waals surface area contributed by atoms with Crippen LogP contribution in [-0.4, -0.2) is 24.7 Å². The lowest BCUT2D eigenvalue weighted by Gasteiger charge is -2.15. The van der Waals surface area contributed by atoms with Crippen molar-refractivity contribution in [2.45, 2.75) is 13.1 Å². The molecule has 174 valence electrons. The molecule has 34 heavy (non-hydrogen) atoms. The topological polar surface area (TPSA) is 81.6 Å². The van der Waals surface area contributed by atoms with Crippen LogP contribution in [0, 0.1) is 5.82 Å². The fraction of sp³-hybridized carbons (Fsp3) is 0.154. The summed E-state index contributed by atoms with van der Waals surface area (Å²) in [5.74, 6) is 0.390. The zero-order chi connectivity index (χ0) is 24.1. The van der Waals surface area contributed by atoms with Crippen LogP contribution >= 0.6 is 0 Å². The number of carbonyl (C=O) groups excluding carboxylic acids is 1. The number of methoxy groups -OCH3 is 2. The summed E-state index contributed by atoms with van der Waals surface area (Å²) in [6, 6.07) is 20.1. The van der Waals surface area contributed by atoms with Crippen LogP contribution in [0.4, 0.5) is 15.8 Å². The van der Waals surface area contributed by atoms with Gasteiger partial charge in [0.2, 0.25) is 5.91 Å². The van der Waals surface area contributed by atoms with Gasteiger partial charge >= 0.3 is 0 Å². The van der Waals surface area contributed by atoms with Gasteiger partial charge in [-0.15, -0.1) is 0 Å². The van der Waals surface area contributed by atoms with Crippen molar-refractivity contribution in [2.75, 3.05) is 24.9 Å². The molecule has 0 aliphatic rings. The smallest absolute Gasteiger partial charge is 0.256 e. The van der Waals surface area contributed by atoms with Gasteiger partial charge in [-0.3, -0.25) is 14.2 Å². The van der Waals surface area contributed by atoms with Crippen molar-refractivity contribution in [1.82, 2.24) is 4.57 Å². The third-order valence-corrected chi connectivity index (χ3v) is 5.36. The number of hydrogen-bond donors (Lipinski definition) is 2. The number of amides is 1. The summed E-state index contributed by atoms with van der Waals surface area (Å²) in [5, 5.41) is 6.66. The maximum absolute atomic E-state index is 13.5. The van der Waals surface area contributed by atoms with Crippen LogP contribution < -0.4 is 25.7 Å². The quantitative estimate of drug-likeness (QED) is 0.406. The first kappa shape index (κ1) is 22.8. The number of aromatic nitrogens is 1. The Morgan fingerprint density at radius 1 is 0.912 bits per heavy atom. The van der Waals surface area contributed by atoms with Gasteiger partial charge in [-0.05, 0) is 66.0 Å². The minimum absolute atomic E-state index is 0.241. The number of nitrogens with one attached hydrogen (secondary N) is 2. The van der Waals surface area contributed by atoms with E-state index < -0.39 is 11.7 Å². The van der Waals surface area contributed by atoms with E-state index in [0.29, 0.717) is 22.5 Å². The number of hydrogen-bond acceptors (Lipinski definition) is 5. The first-order valence-corrected chi connectivity index (χ1v) is 10.6. The minimum atomic E-state index is -0.461. The number of carbonyl (C=O) groups is 1. The Hall–Kier alpha value is -4.33. The number of benzene rings is 3. The molecule has 0 fully saturated rings.